The maximum atomic E-state index is 13.0. The number of benzene rings is 1. The van der Waals surface area contributed by atoms with Crippen molar-refractivity contribution in [3.8, 4) is 11.3 Å². The van der Waals surface area contributed by atoms with Gasteiger partial charge in [0, 0.05) is 22.9 Å². The molecule has 1 aromatic carbocycles. The Morgan fingerprint density at radius 3 is 2.41 bits per heavy atom. The van der Waals surface area contributed by atoms with Crippen LogP contribution in [-0.4, -0.2) is 36.2 Å². The smallest absolute Gasteiger partial charge is 0.383 e. The number of hydrogen-bond acceptors (Lipinski definition) is 7. The van der Waals surface area contributed by atoms with Gasteiger partial charge in [-0.05, 0) is 56.4 Å². The molecule has 2 aliphatic rings. The van der Waals surface area contributed by atoms with Crippen LogP contribution in [0.5, 0.6) is 0 Å². The van der Waals surface area contributed by atoms with Gasteiger partial charge in [-0.2, -0.15) is 18.3 Å². The Labute approximate surface area is 209 Å². The summed E-state index contributed by atoms with van der Waals surface area (Å²) in [5, 5.41) is 7.98. The van der Waals surface area contributed by atoms with Crippen LogP contribution in [0, 0.1) is 0 Å². The topological polar surface area (TPSA) is 138 Å². The van der Waals surface area contributed by atoms with E-state index in [-0.39, 0.29) is 22.5 Å². The molecule has 6 rings (SSSR count). The van der Waals surface area contributed by atoms with Crippen molar-refractivity contribution in [2.75, 3.05) is 11.1 Å². The maximum Gasteiger partial charge on any atom is 0.416 e. The minimum absolute atomic E-state index is 0.180. The number of carbonyl (C=O) groups excluding carboxylic acids is 1. The minimum atomic E-state index is -4.54. The number of anilines is 2. The highest BCUT2D eigenvalue weighted by Gasteiger charge is 2.54. The van der Waals surface area contributed by atoms with Crippen molar-refractivity contribution >= 4 is 28.6 Å². The van der Waals surface area contributed by atoms with Gasteiger partial charge >= 0.3 is 6.18 Å². The number of rotatable bonds is 4. The van der Waals surface area contributed by atoms with Gasteiger partial charge in [0.1, 0.15) is 23.7 Å². The number of fused-ring (bicyclic) bond motifs is 3. The number of nitrogens with one attached hydrogen (secondary N) is 1. The first-order chi connectivity index (χ1) is 17.6. The number of halogens is 3. The fourth-order valence-corrected chi connectivity index (χ4v) is 5.66. The predicted molar refractivity (Wildman–Crippen MR) is 130 cm³/mol. The summed E-state index contributed by atoms with van der Waals surface area (Å²) in [6.45, 7) is 0. The average molecular weight is 509 g/mol. The van der Waals surface area contributed by atoms with E-state index < -0.39 is 17.6 Å². The third-order valence-electron chi connectivity index (χ3n) is 7.55. The van der Waals surface area contributed by atoms with E-state index in [4.69, 9.17) is 16.6 Å². The van der Waals surface area contributed by atoms with E-state index in [1.165, 1.54) is 6.33 Å². The van der Waals surface area contributed by atoms with E-state index in [1.807, 2.05) is 4.68 Å². The largest absolute Gasteiger partial charge is 0.416 e. The van der Waals surface area contributed by atoms with E-state index in [9.17, 15) is 18.0 Å². The first kappa shape index (κ1) is 23.3. The highest BCUT2D eigenvalue weighted by atomic mass is 19.4. The molecule has 190 valence electrons. The van der Waals surface area contributed by atoms with Crippen molar-refractivity contribution in [3.05, 3.63) is 60.0 Å². The van der Waals surface area contributed by atoms with E-state index in [2.05, 4.69) is 20.3 Å². The first-order valence-corrected chi connectivity index (χ1v) is 11.8. The lowest BCUT2D eigenvalue weighted by Gasteiger charge is -2.27. The van der Waals surface area contributed by atoms with Crippen molar-refractivity contribution in [2.45, 2.75) is 49.4 Å². The van der Waals surface area contributed by atoms with Gasteiger partial charge in [0.05, 0.1) is 16.5 Å². The summed E-state index contributed by atoms with van der Waals surface area (Å²) in [6, 6.07) is 8.18. The van der Waals surface area contributed by atoms with Gasteiger partial charge in [0.15, 0.2) is 5.65 Å². The molecule has 2 saturated carbocycles. The van der Waals surface area contributed by atoms with Crippen molar-refractivity contribution in [1.29, 1.82) is 0 Å². The van der Waals surface area contributed by atoms with Gasteiger partial charge in [-0.1, -0.05) is 12.1 Å². The SMILES string of the molecule is Nc1ncnc2c1c(-c1ccc(C(=O)Nc3cc(C(F)(F)F)ccn3)cc1)nn2C12CCC(N)(CC1)C2. The molecule has 37 heavy (non-hydrogen) atoms. The summed E-state index contributed by atoms with van der Waals surface area (Å²) >= 11 is 0. The molecule has 2 bridgehead atoms. The van der Waals surface area contributed by atoms with Gasteiger partial charge in [-0.15, -0.1) is 0 Å². The van der Waals surface area contributed by atoms with E-state index >= 15 is 0 Å². The fourth-order valence-electron chi connectivity index (χ4n) is 5.66. The number of hydrogen-bond donors (Lipinski definition) is 3. The summed E-state index contributed by atoms with van der Waals surface area (Å²) in [6.07, 6.45) is 2.37. The molecule has 2 aliphatic carbocycles. The monoisotopic (exact) mass is 508 g/mol. The second-order valence-electron chi connectivity index (χ2n) is 9.94. The Hall–Kier alpha value is -4.06. The molecular weight excluding hydrogens is 485 g/mol. The molecule has 3 aromatic heterocycles. The molecule has 9 nitrogen and oxygen atoms in total. The van der Waals surface area contributed by atoms with E-state index in [1.54, 1.807) is 24.3 Å². The third-order valence-corrected chi connectivity index (χ3v) is 7.55. The molecule has 3 heterocycles. The van der Waals surface area contributed by atoms with E-state index in [0.717, 1.165) is 50.4 Å². The fraction of sp³-hybridized carbons (Fsp3) is 0.320. The number of aromatic nitrogens is 5. The third kappa shape index (κ3) is 3.88. The standard InChI is InChI=1S/C25H23F3N8O/c26-25(27,28)16-5-10-31-17(11-16)34-22(37)15-3-1-14(2-4-15)19-18-20(29)32-13-33-21(18)36(35-19)24-8-6-23(30,12-24)7-9-24/h1-5,10-11,13H,6-9,12,30H2,(H2,29,32,33)(H,31,34,37). The number of carbonyl (C=O) groups is 1. The van der Waals surface area contributed by atoms with Crippen LogP contribution >= 0.6 is 0 Å². The summed E-state index contributed by atoms with van der Waals surface area (Å²) in [5.74, 6) is -0.483. The molecule has 0 radical (unpaired) electrons. The zero-order chi connectivity index (χ0) is 26.0. The molecule has 2 fully saturated rings. The van der Waals surface area contributed by atoms with Crippen LogP contribution in [0.25, 0.3) is 22.3 Å². The Morgan fingerprint density at radius 2 is 1.76 bits per heavy atom. The maximum absolute atomic E-state index is 13.0. The van der Waals surface area contributed by atoms with Crippen LogP contribution in [-0.2, 0) is 11.7 Å². The van der Waals surface area contributed by atoms with Gasteiger partial charge in [0.2, 0.25) is 0 Å². The van der Waals surface area contributed by atoms with Crippen molar-refractivity contribution < 1.29 is 18.0 Å². The Balaban J connectivity index is 1.32. The quantitative estimate of drug-likeness (QED) is 0.377. The second-order valence-corrected chi connectivity index (χ2v) is 9.94. The van der Waals surface area contributed by atoms with E-state index in [0.29, 0.717) is 28.1 Å². The summed E-state index contributed by atoms with van der Waals surface area (Å²) in [7, 11) is 0. The molecule has 0 unspecified atom stereocenters. The minimum Gasteiger partial charge on any atom is -0.383 e. The zero-order valence-corrected chi connectivity index (χ0v) is 19.6. The zero-order valence-electron chi connectivity index (χ0n) is 19.6. The number of pyridine rings is 1. The molecular formula is C25H23F3N8O. The molecule has 0 aliphatic heterocycles. The molecule has 12 heteroatoms. The summed E-state index contributed by atoms with van der Waals surface area (Å²) < 4.78 is 40.9. The highest BCUT2D eigenvalue weighted by Crippen LogP contribution is 2.54. The molecule has 0 saturated heterocycles. The van der Waals surface area contributed by atoms with Gasteiger partial charge in [0.25, 0.3) is 5.91 Å². The van der Waals surface area contributed by atoms with Crippen LogP contribution in [0.2, 0.25) is 0 Å². The first-order valence-electron chi connectivity index (χ1n) is 11.8. The lowest BCUT2D eigenvalue weighted by atomic mass is 9.92. The Kier molecular flexibility index (Phi) is 5.03. The summed E-state index contributed by atoms with van der Waals surface area (Å²) in [4.78, 5) is 25.2. The van der Waals surface area contributed by atoms with Gasteiger partial charge < -0.3 is 16.8 Å². The van der Waals surface area contributed by atoms with Crippen LogP contribution in [0.4, 0.5) is 24.8 Å². The molecule has 4 aromatic rings. The molecule has 0 atom stereocenters. The van der Waals surface area contributed by atoms with Gasteiger partial charge in [-0.3, -0.25) is 4.79 Å². The molecule has 5 N–H and O–H groups in total. The predicted octanol–water partition coefficient (Wildman–Crippen LogP) is 4.11. The Bertz CT molecular complexity index is 1520. The number of nitrogens with two attached hydrogens (primary N) is 2. The van der Waals surface area contributed by atoms with Gasteiger partial charge in [-0.25, -0.2) is 19.6 Å². The van der Waals surface area contributed by atoms with Crippen molar-refractivity contribution in [3.63, 3.8) is 0 Å². The molecule has 0 spiro atoms. The van der Waals surface area contributed by atoms with Crippen LogP contribution in [0.3, 0.4) is 0 Å². The lowest BCUT2D eigenvalue weighted by molar-refractivity contribution is -0.137. The number of amides is 1. The number of alkyl halides is 3. The second kappa shape index (κ2) is 7.97. The van der Waals surface area contributed by atoms with Crippen LogP contribution in [0.1, 0.15) is 48.0 Å². The average Bonchev–Trinajstić information content (AvgIpc) is 3.54. The molecule has 1 amide bonds. The van der Waals surface area contributed by atoms with Crippen LogP contribution < -0.4 is 16.8 Å². The van der Waals surface area contributed by atoms with Crippen LogP contribution in [0.15, 0.2) is 48.9 Å². The Morgan fingerprint density at radius 1 is 1.03 bits per heavy atom. The normalized spacial score (nSPS) is 23.0. The highest BCUT2D eigenvalue weighted by molar-refractivity contribution is 6.04. The van der Waals surface area contributed by atoms with Crippen molar-refractivity contribution in [2.24, 2.45) is 5.73 Å². The van der Waals surface area contributed by atoms with Crippen molar-refractivity contribution in [1.82, 2.24) is 24.7 Å². The number of nitrogens with zero attached hydrogens (tertiary/aromatic N) is 5. The lowest BCUT2D eigenvalue weighted by Crippen LogP contribution is -2.33. The summed E-state index contributed by atoms with van der Waals surface area (Å²) in [5.41, 5.74) is 13.7. The number of nitrogen functional groups attached to an aromatic ring is 1.